The van der Waals surface area contributed by atoms with Gasteiger partial charge in [-0.3, -0.25) is 0 Å². The largest absolute Gasteiger partial charge is 0.713 e. The first-order valence-electron chi connectivity index (χ1n) is 6.62. The van der Waals surface area contributed by atoms with Crippen LogP contribution in [0.2, 0.25) is 0 Å². The zero-order chi connectivity index (χ0) is 12.5. The highest BCUT2D eigenvalue weighted by Gasteiger charge is 2.54. The molecule has 4 heteroatoms. The molecule has 1 aliphatic heterocycles. The summed E-state index contributed by atoms with van der Waals surface area (Å²) in [5.74, 6) is 1.03. The van der Waals surface area contributed by atoms with Crippen LogP contribution in [0, 0.1) is 0 Å². The zero-order valence-corrected chi connectivity index (χ0v) is 11.4. The lowest BCUT2D eigenvalue weighted by Crippen LogP contribution is -2.41. The Labute approximate surface area is 105 Å². The molecule has 2 rings (SSSR count). The summed E-state index contributed by atoms with van der Waals surface area (Å²) in [6.45, 7) is 8.16. The summed E-state index contributed by atoms with van der Waals surface area (Å²) in [5.41, 5.74) is -0.633. The molecule has 0 spiro atoms. The van der Waals surface area contributed by atoms with Gasteiger partial charge in [-0.1, -0.05) is 6.42 Å². The van der Waals surface area contributed by atoms with Crippen molar-refractivity contribution in [3.63, 3.8) is 0 Å². The summed E-state index contributed by atoms with van der Waals surface area (Å²) in [6.07, 6.45) is 8.03. The Morgan fingerprint density at radius 3 is 2.35 bits per heavy atom. The molecule has 0 N–H and O–H groups in total. The molecule has 1 heterocycles. The van der Waals surface area contributed by atoms with Crippen LogP contribution in [0.5, 0.6) is 0 Å². The molecule has 96 valence electrons. The first-order chi connectivity index (χ1) is 7.91. The van der Waals surface area contributed by atoms with E-state index in [2.05, 4.69) is 6.08 Å². The van der Waals surface area contributed by atoms with Crippen molar-refractivity contribution in [1.29, 1.82) is 0 Å². The zero-order valence-electron chi connectivity index (χ0n) is 11.4. The summed E-state index contributed by atoms with van der Waals surface area (Å²) in [6, 6.07) is 0. The molecule has 1 aliphatic carbocycles. The average molecular weight is 238 g/mol. The van der Waals surface area contributed by atoms with Gasteiger partial charge in [0.2, 0.25) is 0 Å². The predicted molar refractivity (Wildman–Crippen MR) is 68.3 cm³/mol. The number of allylic oxidation sites excluding steroid dienone is 2. The summed E-state index contributed by atoms with van der Waals surface area (Å²) in [7, 11) is -0.552. The van der Waals surface area contributed by atoms with E-state index in [-0.39, 0.29) is 11.2 Å². The second kappa shape index (κ2) is 4.66. The van der Waals surface area contributed by atoms with E-state index in [0.29, 0.717) is 0 Å². The summed E-state index contributed by atoms with van der Waals surface area (Å²) < 4.78 is 17.5. The van der Waals surface area contributed by atoms with Gasteiger partial charge in [0, 0.05) is 6.42 Å². The maximum atomic E-state index is 5.82. The Hall–Kier alpha value is -0.475. The molecule has 0 radical (unpaired) electrons. The number of rotatable bonds is 2. The topological polar surface area (TPSA) is 27.7 Å². The molecule has 0 saturated carbocycles. The van der Waals surface area contributed by atoms with Gasteiger partial charge >= 0.3 is 7.32 Å². The van der Waals surface area contributed by atoms with Crippen molar-refractivity contribution in [2.24, 2.45) is 0 Å². The Morgan fingerprint density at radius 2 is 1.71 bits per heavy atom. The Kier molecular flexibility index (Phi) is 3.55. The van der Waals surface area contributed by atoms with Crippen LogP contribution in [0.1, 0.15) is 59.8 Å². The molecule has 2 aliphatic rings. The van der Waals surface area contributed by atoms with Crippen molar-refractivity contribution in [2.75, 3.05) is 0 Å². The third kappa shape index (κ3) is 2.86. The van der Waals surface area contributed by atoms with E-state index in [0.717, 1.165) is 18.6 Å². The summed E-state index contributed by atoms with van der Waals surface area (Å²) >= 11 is 0. The smallest absolute Gasteiger partial charge is 0.516 e. The molecule has 0 aromatic rings. The quantitative estimate of drug-likeness (QED) is 0.689. The van der Waals surface area contributed by atoms with Crippen molar-refractivity contribution in [2.45, 2.75) is 71.0 Å². The van der Waals surface area contributed by atoms with Crippen LogP contribution in [0.3, 0.4) is 0 Å². The number of hydrogen-bond acceptors (Lipinski definition) is 3. The van der Waals surface area contributed by atoms with Crippen LogP contribution in [0.25, 0.3) is 0 Å². The number of hydrogen-bond donors (Lipinski definition) is 0. The first-order valence-corrected chi connectivity index (χ1v) is 6.62. The fourth-order valence-electron chi connectivity index (χ4n) is 2.05. The lowest BCUT2D eigenvalue weighted by atomic mass is 9.90. The van der Waals surface area contributed by atoms with Gasteiger partial charge in [-0.05, 0) is 53.0 Å². The van der Waals surface area contributed by atoms with Crippen LogP contribution >= 0.6 is 0 Å². The van der Waals surface area contributed by atoms with Gasteiger partial charge < -0.3 is 14.0 Å². The van der Waals surface area contributed by atoms with Crippen LogP contribution in [0.4, 0.5) is 0 Å². The van der Waals surface area contributed by atoms with Crippen LogP contribution in [-0.2, 0) is 14.0 Å². The molecular formula is C13H23BO3. The van der Waals surface area contributed by atoms with Crippen molar-refractivity contribution >= 4 is 7.32 Å². The van der Waals surface area contributed by atoms with E-state index in [4.69, 9.17) is 14.0 Å². The highest BCUT2D eigenvalue weighted by molar-refractivity contribution is 6.38. The van der Waals surface area contributed by atoms with Gasteiger partial charge in [0.05, 0.1) is 17.0 Å². The minimum atomic E-state index is -0.552. The van der Waals surface area contributed by atoms with Crippen molar-refractivity contribution in [3.05, 3.63) is 11.8 Å². The maximum absolute atomic E-state index is 5.82. The minimum Gasteiger partial charge on any atom is -0.516 e. The molecule has 0 unspecified atom stereocenters. The average Bonchev–Trinajstić information content (AvgIpc) is 2.42. The monoisotopic (exact) mass is 238 g/mol. The Bertz CT molecular complexity index is 294. The van der Waals surface area contributed by atoms with Crippen molar-refractivity contribution in [1.82, 2.24) is 0 Å². The molecule has 0 bridgehead atoms. The second-order valence-corrected chi connectivity index (χ2v) is 5.93. The first kappa shape index (κ1) is 13.0. The Balaban J connectivity index is 1.95. The van der Waals surface area contributed by atoms with E-state index in [1.807, 2.05) is 27.7 Å². The van der Waals surface area contributed by atoms with E-state index in [1.54, 1.807) is 0 Å². The molecule has 0 atom stereocenters. The SMILES string of the molecule is CC1(C)OB(OC2=CCCCCC2)OC1(C)C. The maximum Gasteiger partial charge on any atom is 0.713 e. The van der Waals surface area contributed by atoms with E-state index < -0.39 is 7.32 Å². The fraction of sp³-hybridized carbons (Fsp3) is 0.846. The van der Waals surface area contributed by atoms with Gasteiger partial charge in [-0.2, -0.15) is 0 Å². The Morgan fingerprint density at radius 1 is 1.06 bits per heavy atom. The van der Waals surface area contributed by atoms with E-state index >= 15 is 0 Å². The van der Waals surface area contributed by atoms with E-state index in [9.17, 15) is 0 Å². The van der Waals surface area contributed by atoms with E-state index in [1.165, 1.54) is 19.3 Å². The molecule has 17 heavy (non-hydrogen) atoms. The molecule has 0 aromatic heterocycles. The normalized spacial score (nSPS) is 27.5. The van der Waals surface area contributed by atoms with Gasteiger partial charge in [0.25, 0.3) is 0 Å². The lowest BCUT2D eigenvalue weighted by molar-refractivity contribution is 0.00578. The summed E-state index contributed by atoms with van der Waals surface area (Å²) in [5, 5.41) is 0. The van der Waals surface area contributed by atoms with Gasteiger partial charge in [-0.25, -0.2) is 0 Å². The summed E-state index contributed by atoms with van der Waals surface area (Å²) in [4.78, 5) is 0. The van der Waals surface area contributed by atoms with Crippen LogP contribution < -0.4 is 0 Å². The molecule has 3 nitrogen and oxygen atoms in total. The third-order valence-corrected chi connectivity index (χ3v) is 3.98. The molecule has 0 aromatic carbocycles. The van der Waals surface area contributed by atoms with Crippen LogP contribution in [-0.4, -0.2) is 18.5 Å². The predicted octanol–water partition coefficient (Wildman–Crippen LogP) is 3.44. The van der Waals surface area contributed by atoms with Gasteiger partial charge in [-0.15, -0.1) is 0 Å². The standard InChI is InChI=1S/C13H23BO3/c1-12(2)13(3,4)17-14(16-12)15-11-9-7-5-6-8-10-11/h9H,5-8,10H2,1-4H3. The van der Waals surface area contributed by atoms with Crippen molar-refractivity contribution in [3.8, 4) is 0 Å². The van der Waals surface area contributed by atoms with Crippen LogP contribution in [0.15, 0.2) is 11.8 Å². The second-order valence-electron chi connectivity index (χ2n) is 5.93. The minimum absolute atomic E-state index is 0.317. The highest BCUT2D eigenvalue weighted by Crippen LogP contribution is 2.37. The highest BCUT2D eigenvalue weighted by atomic mass is 16.8. The molecule has 1 fully saturated rings. The fourth-order valence-corrected chi connectivity index (χ4v) is 2.05. The molecule has 0 amide bonds. The van der Waals surface area contributed by atoms with Gasteiger partial charge in [0.1, 0.15) is 0 Å². The molecule has 1 saturated heterocycles. The lowest BCUT2D eigenvalue weighted by Gasteiger charge is -2.31. The molecular weight excluding hydrogens is 215 g/mol. The van der Waals surface area contributed by atoms with Gasteiger partial charge in [0.15, 0.2) is 0 Å². The van der Waals surface area contributed by atoms with Crippen molar-refractivity contribution < 1.29 is 14.0 Å². The third-order valence-electron chi connectivity index (χ3n) is 3.98.